The Hall–Kier alpha value is -4.78. The Bertz CT molecular complexity index is 2010. The molecule has 2 aliphatic carbocycles. The van der Waals surface area contributed by atoms with Gasteiger partial charge >= 0.3 is 11.9 Å². The van der Waals surface area contributed by atoms with E-state index in [1.54, 1.807) is 0 Å². The molecule has 5 atom stereocenters. The normalized spacial score (nSPS) is 24.2. The number of allylic oxidation sites excluding steroid dienone is 3. The van der Waals surface area contributed by atoms with Crippen LogP contribution in [0.1, 0.15) is 92.9 Å². The molecule has 0 saturated carbocycles. The van der Waals surface area contributed by atoms with Crippen molar-refractivity contribution in [2.75, 3.05) is 26.2 Å². The van der Waals surface area contributed by atoms with E-state index in [9.17, 15) is 9.59 Å². The Labute approximate surface area is 332 Å². The highest BCUT2D eigenvalue weighted by molar-refractivity contribution is 5.83. The molecular formula is C50H56N2O4. The minimum Gasteiger partial charge on any atom is -0.454 e. The van der Waals surface area contributed by atoms with E-state index in [1.807, 2.05) is 72.8 Å². The van der Waals surface area contributed by atoms with Crippen LogP contribution in [0.25, 0.3) is 0 Å². The van der Waals surface area contributed by atoms with Gasteiger partial charge in [-0.05, 0) is 91.0 Å². The Morgan fingerprint density at radius 1 is 0.607 bits per heavy atom. The number of hydrogen-bond donors (Lipinski definition) is 2. The van der Waals surface area contributed by atoms with Gasteiger partial charge in [-0.1, -0.05) is 152 Å². The van der Waals surface area contributed by atoms with Crippen molar-refractivity contribution in [2.24, 2.45) is 17.8 Å². The van der Waals surface area contributed by atoms with Crippen molar-refractivity contribution in [3.8, 4) is 0 Å². The molecule has 0 spiro atoms. The molecule has 4 aromatic rings. The Kier molecular flexibility index (Phi) is 11.4. The summed E-state index contributed by atoms with van der Waals surface area (Å²) >= 11 is 0. The van der Waals surface area contributed by atoms with E-state index in [0.717, 1.165) is 99.0 Å². The molecule has 0 radical (unpaired) electrons. The maximum Gasteiger partial charge on any atom is 0.318 e. The fourth-order valence-corrected chi connectivity index (χ4v) is 10.3. The molecule has 8 rings (SSSR count). The predicted octanol–water partition coefficient (Wildman–Crippen LogP) is 9.51. The summed E-state index contributed by atoms with van der Waals surface area (Å²) in [6.45, 7) is 7.73. The Morgan fingerprint density at radius 2 is 1.07 bits per heavy atom. The van der Waals surface area contributed by atoms with Gasteiger partial charge in [-0.15, -0.1) is 0 Å². The van der Waals surface area contributed by atoms with Crippen molar-refractivity contribution in [2.45, 2.75) is 81.8 Å². The third kappa shape index (κ3) is 7.66. The second kappa shape index (κ2) is 16.8. The second-order valence-electron chi connectivity index (χ2n) is 16.5. The summed E-state index contributed by atoms with van der Waals surface area (Å²) in [5, 5.41) is 6.95. The van der Waals surface area contributed by atoms with Gasteiger partial charge in [0.2, 0.25) is 0 Å². The Morgan fingerprint density at radius 3 is 1.59 bits per heavy atom. The number of carbonyl (C=O) groups excluding carboxylic acids is 2. The molecule has 4 aromatic carbocycles. The molecule has 56 heavy (non-hydrogen) atoms. The van der Waals surface area contributed by atoms with Gasteiger partial charge in [0, 0.05) is 25.7 Å². The monoisotopic (exact) mass is 748 g/mol. The smallest absolute Gasteiger partial charge is 0.318 e. The van der Waals surface area contributed by atoms with Crippen LogP contribution in [-0.4, -0.2) is 38.1 Å². The van der Waals surface area contributed by atoms with Crippen LogP contribution in [-0.2, 0) is 30.3 Å². The van der Waals surface area contributed by atoms with Crippen molar-refractivity contribution >= 4 is 11.9 Å². The highest BCUT2D eigenvalue weighted by atomic mass is 16.6. The minimum absolute atomic E-state index is 0.00924. The maximum atomic E-state index is 14.9. The summed E-state index contributed by atoms with van der Waals surface area (Å²) in [6.07, 6.45) is 7.90. The van der Waals surface area contributed by atoms with Gasteiger partial charge in [0.25, 0.3) is 0 Å². The lowest BCUT2D eigenvalue weighted by Gasteiger charge is -2.43. The molecule has 2 aliphatic heterocycles. The summed E-state index contributed by atoms with van der Waals surface area (Å²) in [7, 11) is 0. The summed E-state index contributed by atoms with van der Waals surface area (Å²) < 4.78 is 13.6. The van der Waals surface area contributed by atoms with Crippen LogP contribution in [0.2, 0.25) is 0 Å². The van der Waals surface area contributed by atoms with E-state index < -0.39 is 23.0 Å². The van der Waals surface area contributed by atoms with Crippen LogP contribution in [0.15, 0.2) is 144 Å². The predicted molar refractivity (Wildman–Crippen MR) is 222 cm³/mol. The molecule has 6 heteroatoms. The highest BCUT2D eigenvalue weighted by Crippen LogP contribution is 2.51. The molecule has 4 aliphatic rings. The number of nitrogens with one attached hydrogen (secondary N) is 2. The fraction of sp³-hybridized carbons (Fsp3) is 0.400. The summed E-state index contributed by atoms with van der Waals surface area (Å²) in [5.74, 6) is -1.03. The minimum atomic E-state index is -0.685. The van der Waals surface area contributed by atoms with Gasteiger partial charge in [0.05, 0.1) is 5.92 Å². The van der Waals surface area contributed by atoms with Gasteiger partial charge in [-0.2, -0.15) is 0 Å². The van der Waals surface area contributed by atoms with Crippen molar-refractivity contribution in [3.63, 3.8) is 0 Å². The zero-order valence-electron chi connectivity index (χ0n) is 32.9. The third-order valence-electron chi connectivity index (χ3n) is 13.3. The van der Waals surface area contributed by atoms with E-state index in [2.05, 4.69) is 79.1 Å². The van der Waals surface area contributed by atoms with Gasteiger partial charge in [0.15, 0.2) is 0 Å². The summed E-state index contributed by atoms with van der Waals surface area (Å²) in [5.41, 5.74) is 6.66. The van der Waals surface area contributed by atoms with Crippen LogP contribution >= 0.6 is 0 Å². The lowest BCUT2D eigenvalue weighted by atomic mass is 9.64. The maximum absolute atomic E-state index is 14.9. The molecular weight excluding hydrogens is 693 g/mol. The first-order valence-corrected chi connectivity index (χ1v) is 20.9. The molecule has 290 valence electrons. The summed E-state index contributed by atoms with van der Waals surface area (Å²) in [4.78, 5) is 29.8. The lowest BCUT2D eigenvalue weighted by Crippen LogP contribution is -2.44. The van der Waals surface area contributed by atoms with Gasteiger partial charge < -0.3 is 20.1 Å². The van der Waals surface area contributed by atoms with Crippen LogP contribution in [0, 0.1) is 17.8 Å². The third-order valence-corrected chi connectivity index (χ3v) is 13.3. The van der Waals surface area contributed by atoms with Crippen molar-refractivity contribution in [1.82, 2.24) is 10.6 Å². The average Bonchev–Trinajstić information content (AvgIpc) is 3.25. The zero-order chi connectivity index (χ0) is 38.5. The SMILES string of the molecule is CC1C=C(C(C(=O)OC2(c3ccccc3)CCNCC2)c2ccccc2)C(C)C2=C1CCC(C(C(=O)OC1(c3ccccc3)CCNCC1)c1ccccc1)C2. The first kappa shape index (κ1) is 38.1. The van der Waals surface area contributed by atoms with E-state index in [0.29, 0.717) is 0 Å². The van der Waals surface area contributed by atoms with E-state index in [1.165, 1.54) is 11.1 Å². The molecule has 2 saturated heterocycles. The number of esters is 2. The van der Waals surface area contributed by atoms with E-state index in [4.69, 9.17) is 9.47 Å². The number of benzene rings is 4. The quantitative estimate of drug-likeness (QED) is 0.124. The van der Waals surface area contributed by atoms with Gasteiger partial charge in [0.1, 0.15) is 17.1 Å². The molecule has 0 amide bonds. The molecule has 5 unspecified atom stereocenters. The summed E-state index contributed by atoms with van der Waals surface area (Å²) in [6, 6.07) is 41.1. The molecule has 6 nitrogen and oxygen atoms in total. The molecule has 2 fully saturated rings. The van der Waals surface area contributed by atoms with Crippen LogP contribution < -0.4 is 10.6 Å². The standard InChI is InChI=1S/C50H56N2O4/c1-35-33-44(46(38-17-9-4-10-18-38)48(54)56-50(27-31-52-32-28-50)41-21-13-6-14-22-41)36(2)43-34-39(23-24-42(35)43)45(37-15-7-3-8-16-37)47(53)55-49(25-29-51-30-26-49)40-19-11-5-12-20-40/h3-22,33,35-36,39,45-46,51-52H,23-32,34H2,1-2H3. The van der Waals surface area contributed by atoms with Crippen molar-refractivity contribution in [1.29, 1.82) is 0 Å². The number of hydrogen-bond acceptors (Lipinski definition) is 6. The average molecular weight is 749 g/mol. The van der Waals surface area contributed by atoms with Crippen LogP contribution in [0.5, 0.6) is 0 Å². The largest absolute Gasteiger partial charge is 0.454 e. The van der Waals surface area contributed by atoms with Crippen LogP contribution in [0.3, 0.4) is 0 Å². The van der Waals surface area contributed by atoms with E-state index in [-0.39, 0.29) is 29.7 Å². The molecule has 2 heterocycles. The van der Waals surface area contributed by atoms with Gasteiger partial charge in [-0.25, -0.2) is 0 Å². The molecule has 0 bridgehead atoms. The topological polar surface area (TPSA) is 76.7 Å². The molecule has 0 aromatic heterocycles. The zero-order valence-corrected chi connectivity index (χ0v) is 32.9. The first-order valence-electron chi connectivity index (χ1n) is 20.9. The van der Waals surface area contributed by atoms with Crippen molar-refractivity contribution < 1.29 is 19.1 Å². The highest BCUT2D eigenvalue weighted by Gasteiger charge is 2.46. The van der Waals surface area contributed by atoms with Gasteiger partial charge in [-0.3, -0.25) is 9.59 Å². The number of carbonyl (C=O) groups is 2. The first-order chi connectivity index (χ1) is 27.4. The number of piperidine rings is 2. The number of ether oxygens (including phenoxy) is 2. The van der Waals surface area contributed by atoms with Crippen LogP contribution in [0.4, 0.5) is 0 Å². The fourth-order valence-electron chi connectivity index (χ4n) is 10.3. The van der Waals surface area contributed by atoms with E-state index >= 15 is 0 Å². The Balaban J connectivity index is 1.11. The van der Waals surface area contributed by atoms with Crippen molar-refractivity contribution in [3.05, 3.63) is 166 Å². The molecule has 2 N–H and O–H groups in total. The number of rotatable bonds is 10. The lowest BCUT2D eigenvalue weighted by molar-refractivity contribution is -0.168. The second-order valence-corrected chi connectivity index (χ2v) is 16.5.